The van der Waals surface area contributed by atoms with Crippen LogP contribution < -0.4 is 0 Å². The van der Waals surface area contributed by atoms with Gasteiger partial charge in [-0.1, -0.05) is 11.3 Å². The fourth-order valence-electron chi connectivity index (χ4n) is 3.41. The number of morpholine rings is 1. The van der Waals surface area contributed by atoms with E-state index in [-0.39, 0.29) is 11.4 Å². The number of carbonyl (C=O) groups excluding carboxylic acids is 1. The lowest BCUT2D eigenvalue weighted by molar-refractivity contribution is -0.0549. The van der Waals surface area contributed by atoms with Crippen LogP contribution in [0.25, 0.3) is 0 Å². The molecule has 3 heterocycles. The van der Waals surface area contributed by atoms with E-state index in [0.29, 0.717) is 37.9 Å². The highest BCUT2D eigenvalue weighted by Crippen LogP contribution is 2.44. The van der Waals surface area contributed by atoms with Crippen LogP contribution in [0.15, 0.2) is 30.6 Å². The van der Waals surface area contributed by atoms with Crippen molar-refractivity contribution in [2.45, 2.75) is 31.8 Å². The molecule has 0 aromatic carbocycles. The number of amides is 1. The second-order valence-electron chi connectivity index (χ2n) is 6.76. The van der Waals surface area contributed by atoms with E-state index in [1.165, 1.54) is 0 Å². The summed E-state index contributed by atoms with van der Waals surface area (Å²) in [6.07, 6.45) is 5.78. The third kappa shape index (κ3) is 2.80. The SMILES string of the molecule is CC1(C2CC2)COCCN1C(=O)c1cn(Cc2ccccn2)nn1. The maximum atomic E-state index is 13.0. The van der Waals surface area contributed by atoms with Gasteiger partial charge in [-0.2, -0.15) is 0 Å². The number of aromatic nitrogens is 4. The maximum absolute atomic E-state index is 13.0. The van der Waals surface area contributed by atoms with Gasteiger partial charge in [-0.15, -0.1) is 5.10 Å². The molecular formula is C17H21N5O2. The summed E-state index contributed by atoms with van der Waals surface area (Å²) in [4.78, 5) is 19.2. The molecule has 7 heteroatoms. The molecule has 126 valence electrons. The largest absolute Gasteiger partial charge is 0.377 e. The number of carbonyl (C=O) groups is 1. The zero-order valence-electron chi connectivity index (χ0n) is 13.8. The molecule has 7 nitrogen and oxygen atoms in total. The molecule has 2 aliphatic rings. The van der Waals surface area contributed by atoms with Crippen LogP contribution in [-0.4, -0.2) is 56.1 Å². The molecule has 1 atom stereocenters. The van der Waals surface area contributed by atoms with E-state index in [1.807, 2.05) is 23.1 Å². The summed E-state index contributed by atoms with van der Waals surface area (Å²) in [5, 5.41) is 8.17. The predicted molar refractivity (Wildman–Crippen MR) is 86.3 cm³/mol. The summed E-state index contributed by atoms with van der Waals surface area (Å²) in [6.45, 7) is 4.42. The summed E-state index contributed by atoms with van der Waals surface area (Å²) in [5.41, 5.74) is 1.05. The van der Waals surface area contributed by atoms with Crippen LogP contribution in [-0.2, 0) is 11.3 Å². The van der Waals surface area contributed by atoms with E-state index in [9.17, 15) is 4.79 Å². The highest BCUT2D eigenvalue weighted by atomic mass is 16.5. The van der Waals surface area contributed by atoms with Crippen molar-refractivity contribution < 1.29 is 9.53 Å². The van der Waals surface area contributed by atoms with E-state index in [4.69, 9.17) is 4.74 Å². The van der Waals surface area contributed by atoms with Gasteiger partial charge in [0.25, 0.3) is 5.91 Å². The minimum absolute atomic E-state index is 0.0556. The third-order valence-electron chi connectivity index (χ3n) is 4.98. The van der Waals surface area contributed by atoms with E-state index in [1.54, 1.807) is 17.1 Å². The van der Waals surface area contributed by atoms with Gasteiger partial charge in [-0.3, -0.25) is 9.78 Å². The molecule has 2 fully saturated rings. The summed E-state index contributed by atoms with van der Waals surface area (Å²) >= 11 is 0. The van der Waals surface area contributed by atoms with Gasteiger partial charge < -0.3 is 9.64 Å². The topological polar surface area (TPSA) is 73.1 Å². The molecule has 4 rings (SSSR count). The smallest absolute Gasteiger partial charge is 0.276 e. The van der Waals surface area contributed by atoms with Gasteiger partial charge in [0.15, 0.2) is 5.69 Å². The molecule has 1 aliphatic heterocycles. The molecule has 1 unspecified atom stereocenters. The van der Waals surface area contributed by atoms with Gasteiger partial charge in [-0.25, -0.2) is 4.68 Å². The second-order valence-corrected chi connectivity index (χ2v) is 6.76. The molecule has 0 bridgehead atoms. The average Bonchev–Trinajstić information content (AvgIpc) is 3.37. The Morgan fingerprint density at radius 1 is 1.42 bits per heavy atom. The first kappa shape index (κ1) is 15.3. The quantitative estimate of drug-likeness (QED) is 0.848. The summed E-state index contributed by atoms with van der Waals surface area (Å²) in [6, 6.07) is 5.73. The number of pyridine rings is 1. The first-order valence-corrected chi connectivity index (χ1v) is 8.36. The van der Waals surface area contributed by atoms with Crippen LogP contribution in [0.1, 0.15) is 35.9 Å². The number of hydrogen-bond donors (Lipinski definition) is 0. The first-order valence-electron chi connectivity index (χ1n) is 8.36. The maximum Gasteiger partial charge on any atom is 0.276 e. The number of rotatable bonds is 4. The van der Waals surface area contributed by atoms with Crippen LogP contribution >= 0.6 is 0 Å². The van der Waals surface area contributed by atoms with Gasteiger partial charge in [-0.05, 0) is 37.8 Å². The molecule has 0 radical (unpaired) electrons. The van der Waals surface area contributed by atoms with Crippen LogP contribution in [0.2, 0.25) is 0 Å². The average molecular weight is 327 g/mol. The highest BCUT2D eigenvalue weighted by molar-refractivity contribution is 5.92. The van der Waals surface area contributed by atoms with E-state index < -0.39 is 0 Å². The molecule has 0 spiro atoms. The molecule has 1 amide bonds. The standard InChI is InChI=1S/C17H21N5O2/c1-17(13-5-6-13)12-24-9-8-22(17)16(23)15-11-21(20-19-15)10-14-4-2-3-7-18-14/h2-4,7,11,13H,5-6,8-10,12H2,1H3. The van der Waals surface area contributed by atoms with Gasteiger partial charge in [0.05, 0.1) is 37.2 Å². The molecule has 2 aromatic rings. The minimum atomic E-state index is -0.222. The third-order valence-corrected chi connectivity index (χ3v) is 4.98. The zero-order valence-corrected chi connectivity index (χ0v) is 13.8. The van der Waals surface area contributed by atoms with E-state index in [2.05, 4.69) is 22.2 Å². The van der Waals surface area contributed by atoms with Gasteiger partial charge >= 0.3 is 0 Å². The van der Waals surface area contributed by atoms with Gasteiger partial charge in [0, 0.05) is 12.7 Å². The Kier molecular flexibility index (Phi) is 3.80. The lowest BCUT2D eigenvalue weighted by Gasteiger charge is -2.44. The Hall–Kier alpha value is -2.28. The van der Waals surface area contributed by atoms with E-state index >= 15 is 0 Å². The van der Waals surface area contributed by atoms with Crippen LogP contribution in [0.5, 0.6) is 0 Å². The Labute approximate surface area is 140 Å². The van der Waals surface area contributed by atoms with Crippen LogP contribution in [0.4, 0.5) is 0 Å². The fraction of sp³-hybridized carbons (Fsp3) is 0.529. The van der Waals surface area contributed by atoms with E-state index in [0.717, 1.165) is 18.5 Å². The number of nitrogens with zero attached hydrogens (tertiary/aromatic N) is 5. The molecule has 24 heavy (non-hydrogen) atoms. The molecule has 2 aromatic heterocycles. The Morgan fingerprint density at radius 3 is 3.04 bits per heavy atom. The van der Waals surface area contributed by atoms with Crippen molar-refractivity contribution in [3.63, 3.8) is 0 Å². The zero-order chi connectivity index (χ0) is 16.6. The first-order chi connectivity index (χ1) is 11.7. The number of hydrogen-bond acceptors (Lipinski definition) is 5. The van der Waals surface area contributed by atoms with Crippen molar-refractivity contribution in [1.29, 1.82) is 0 Å². The summed E-state index contributed by atoms with van der Waals surface area (Å²) < 4.78 is 7.30. The molecule has 1 aliphatic carbocycles. The number of ether oxygens (including phenoxy) is 1. The molecular weight excluding hydrogens is 306 g/mol. The minimum Gasteiger partial charge on any atom is -0.377 e. The highest BCUT2D eigenvalue weighted by Gasteiger charge is 2.49. The Balaban J connectivity index is 1.52. The monoisotopic (exact) mass is 327 g/mol. The van der Waals surface area contributed by atoms with Crippen LogP contribution in [0, 0.1) is 5.92 Å². The Bertz CT molecular complexity index is 728. The molecule has 1 saturated carbocycles. The molecule has 1 saturated heterocycles. The summed E-state index contributed by atoms with van der Waals surface area (Å²) in [7, 11) is 0. The van der Waals surface area contributed by atoms with Crippen molar-refractivity contribution in [3.8, 4) is 0 Å². The summed E-state index contributed by atoms with van der Waals surface area (Å²) in [5.74, 6) is 0.477. The normalized spacial score (nSPS) is 24.1. The van der Waals surface area contributed by atoms with Crippen molar-refractivity contribution >= 4 is 5.91 Å². The van der Waals surface area contributed by atoms with Crippen molar-refractivity contribution in [3.05, 3.63) is 42.0 Å². The predicted octanol–water partition coefficient (Wildman–Crippen LogP) is 1.36. The second kappa shape index (κ2) is 5.98. The van der Waals surface area contributed by atoms with Crippen molar-refractivity contribution in [2.24, 2.45) is 5.92 Å². The van der Waals surface area contributed by atoms with Crippen molar-refractivity contribution in [2.75, 3.05) is 19.8 Å². The fourth-order valence-corrected chi connectivity index (χ4v) is 3.41. The van der Waals surface area contributed by atoms with Gasteiger partial charge in [0.2, 0.25) is 0 Å². The van der Waals surface area contributed by atoms with Crippen molar-refractivity contribution in [1.82, 2.24) is 24.9 Å². The Morgan fingerprint density at radius 2 is 2.29 bits per heavy atom. The van der Waals surface area contributed by atoms with Gasteiger partial charge in [0.1, 0.15) is 0 Å². The van der Waals surface area contributed by atoms with Crippen LogP contribution in [0.3, 0.4) is 0 Å². The molecule has 0 N–H and O–H groups in total. The lowest BCUT2D eigenvalue weighted by atomic mass is 9.92. The lowest BCUT2D eigenvalue weighted by Crippen LogP contribution is -2.58.